The van der Waals surface area contributed by atoms with Gasteiger partial charge in [0.05, 0.1) is 16.2 Å². The number of aromatic carboxylic acids is 1. The summed E-state index contributed by atoms with van der Waals surface area (Å²) >= 11 is 0. The van der Waals surface area contributed by atoms with Crippen LogP contribution in [0.3, 0.4) is 0 Å². The Labute approximate surface area is 113 Å². The molecular weight excluding hydrogens is 264 g/mol. The van der Waals surface area contributed by atoms with Crippen molar-refractivity contribution in [2.75, 3.05) is 5.32 Å². The van der Waals surface area contributed by atoms with Crippen LogP contribution in [0.1, 0.15) is 23.0 Å². The van der Waals surface area contributed by atoms with Gasteiger partial charge in [-0.1, -0.05) is 6.92 Å². The molecule has 0 aliphatic carbocycles. The number of H-pyrrole nitrogens is 1. The van der Waals surface area contributed by atoms with Crippen molar-refractivity contribution >= 4 is 23.2 Å². The Bertz CT molecular complexity index is 665. The Morgan fingerprint density at radius 3 is 2.80 bits per heavy atom. The van der Waals surface area contributed by atoms with Gasteiger partial charge in [0.25, 0.3) is 5.69 Å². The van der Waals surface area contributed by atoms with Gasteiger partial charge in [-0.3, -0.25) is 15.2 Å². The van der Waals surface area contributed by atoms with Crippen LogP contribution in [0, 0.1) is 10.1 Å². The number of carboxylic acid groups (broad SMARTS) is 1. The third-order valence-electron chi connectivity index (χ3n) is 2.72. The monoisotopic (exact) mass is 276 g/mol. The van der Waals surface area contributed by atoms with Crippen molar-refractivity contribution in [3.8, 4) is 0 Å². The molecular formula is C12H12N4O4. The molecule has 1 aromatic heterocycles. The number of nitrogens with zero attached hydrogens (tertiary/aromatic N) is 2. The molecule has 0 radical (unpaired) electrons. The molecule has 2 rings (SSSR count). The highest BCUT2D eigenvalue weighted by Crippen LogP contribution is 2.25. The van der Waals surface area contributed by atoms with Crippen LogP contribution in [-0.2, 0) is 6.42 Å². The summed E-state index contributed by atoms with van der Waals surface area (Å²) in [6, 6.07) is 5.34. The maximum absolute atomic E-state index is 11.2. The fourth-order valence-corrected chi connectivity index (χ4v) is 1.68. The van der Waals surface area contributed by atoms with Crippen LogP contribution < -0.4 is 5.32 Å². The molecule has 3 N–H and O–H groups in total. The molecule has 0 saturated carbocycles. The third-order valence-corrected chi connectivity index (χ3v) is 2.72. The van der Waals surface area contributed by atoms with Gasteiger partial charge in [-0.2, -0.15) is 5.10 Å². The molecule has 8 nitrogen and oxygen atoms in total. The molecule has 1 aromatic carbocycles. The molecule has 0 atom stereocenters. The second-order valence-electron chi connectivity index (χ2n) is 4.05. The minimum Gasteiger partial charge on any atom is -0.478 e. The molecule has 0 unspecified atom stereocenters. The summed E-state index contributed by atoms with van der Waals surface area (Å²) in [5.74, 6) is -0.791. The Kier molecular flexibility index (Phi) is 3.65. The highest BCUT2D eigenvalue weighted by molar-refractivity contribution is 5.95. The van der Waals surface area contributed by atoms with Gasteiger partial charge in [0.15, 0.2) is 5.82 Å². The van der Waals surface area contributed by atoms with E-state index in [1.54, 1.807) is 6.07 Å². The van der Waals surface area contributed by atoms with E-state index in [0.717, 1.165) is 18.2 Å². The highest BCUT2D eigenvalue weighted by Gasteiger charge is 2.16. The molecule has 8 heteroatoms. The molecule has 0 bridgehead atoms. The van der Waals surface area contributed by atoms with Crippen LogP contribution >= 0.6 is 0 Å². The zero-order valence-corrected chi connectivity index (χ0v) is 10.6. The second kappa shape index (κ2) is 5.39. The number of carbonyl (C=O) groups is 1. The first kappa shape index (κ1) is 13.5. The number of hydrogen-bond donors (Lipinski definition) is 3. The summed E-state index contributed by atoms with van der Waals surface area (Å²) in [6.07, 6.45) is 0.765. The zero-order valence-electron chi connectivity index (χ0n) is 10.6. The van der Waals surface area contributed by atoms with Gasteiger partial charge in [-0.25, -0.2) is 4.79 Å². The van der Waals surface area contributed by atoms with Crippen LogP contribution in [0.25, 0.3) is 0 Å². The first-order valence-corrected chi connectivity index (χ1v) is 5.84. The van der Waals surface area contributed by atoms with Crippen molar-refractivity contribution < 1.29 is 14.8 Å². The van der Waals surface area contributed by atoms with Crippen molar-refractivity contribution in [3.05, 3.63) is 45.6 Å². The van der Waals surface area contributed by atoms with E-state index in [1.165, 1.54) is 12.1 Å². The van der Waals surface area contributed by atoms with E-state index in [-0.39, 0.29) is 16.9 Å². The molecule has 2 aromatic rings. The van der Waals surface area contributed by atoms with Gasteiger partial charge >= 0.3 is 5.97 Å². The lowest BCUT2D eigenvalue weighted by Crippen LogP contribution is -2.04. The number of anilines is 2. The number of aromatic nitrogens is 2. The van der Waals surface area contributed by atoms with Crippen molar-refractivity contribution in [2.45, 2.75) is 13.3 Å². The third kappa shape index (κ3) is 2.74. The van der Waals surface area contributed by atoms with E-state index < -0.39 is 10.9 Å². The van der Waals surface area contributed by atoms with Crippen molar-refractivity contribution in [1.82, 2.24) is 10.2 Å². The Morgan fingerprint density at radius 1 is 1.50 bits per heavy atom. The Hall–Kier alpha value is -2.90. The SMILES string of the molecule is CCc1cc(Nc2ccc([N+](=O)[O-])cc2C(=O)O)n[nH]1. The maximum Gasteiger partial charge on any atom is 0.338 e. The lowest BCUT2D eigenvalue weighted by Gasteiger charge is -2.06. The number of nitro groups is 1. The number of nitrogens with one attached hydrogen (secondary N) is 2. The number of aryl methyl sites for hydroxylation is 1. The molecule has 20 heavy (non-hydrogen) atoms. The molecule has 104 valence electrons. The van der Waals surface area contributed by atoms with Crippen LogP contribution in [0.5, 0.6) is 0 Å². The lowest BCUT2D eigenvalue weighted by molar-refractivity contribution is -0.384. The number of nitro benzene ring substituents is 1. The van der Waals surface area contributed by atoms with Crippen molar-refractivity contribution in [2.24, 2.45) is 0 Å². The average molecular weight is 276 g/mol. The zero-order chi connectivity index (χ0) is 14.7. The molecule has 0 aliphatic heterocycles. The standard InChI is InChI=1S/C12H12N4O4/c1-2-7-5-11(15-14-7)13-10-4-3-8(16(19)20)6-9(10)12(17)18/h3-6H,2H2,1H3,(H,17,18)(H2,13,14,15). The van der Waals surface area contributed by atoms with Gasteiger partial charge in [0.1, 0.15) is 0 Å². The van der Waals surface area contributed by atoms with Gasteiger partial charge in [0.2, 0.25) is 0 Å². The molecule has 0 aliphatic rings. The maximum atomic E-state index is 11.2. The summed E-state index contributed by atoms with van der Waals surface area (Å²) < 4.78 is 0. The quantitative estimate of drug-likeness (QED) is 0.569. The minimum absolute atomic E-state index is 0.180. The number of non-ortho nitro benzene ring substituents is 1. The number of benzene rings is 1. The normalized spacial score (nSPS) is 10.2. The number of carboxylic acids is 1. The molecule has 0 spiro atoms. The average Bonchev–Trinajstić information content (AvgIpc) is 2.86. The Balaban J connectivity index is 2.35. The molecule has 0 fully saturated rings. The van der Waals surface area contributed by atoms with Crippen molar-refractivity contribution in [3.63, 3.8) is 0 Å². The summed E-state index contributed by atoms with van der Waals surface area (Å²) in [5, 5.41) is 29.4. The van der Waals surface area contributed by atoms with Gasteiger partial charge < -0.3 is 10.4 Å². The van der Waals surface area contributed by atoms with E-state index in [2.05, 4.69) is 15.5 Å². The molecule has 0 saturated heterocycles. The van der Waals surface area contributed by atoms with Gasteiger partial charge in [0, 0.05) is 23.9 Å². The minimum atomic E-state index is -1.25. The molecule has 1 heterocycles. The summed E-state index contributed by atoms with van der Waals surface area (Å²) in [4.78, 5) is 21.2. The number of hydrogen-bond acceptors (Lipinski definition) is 5. The van der Waals surface area contributed by atoms with E-state index in [4.69, 9.17) is 5.11 Å². The van der Waals surface area contributed by atoms with Crippen LogP contribution in [0.2, 0.25) is 0 Å². The fraction of sp³-hybridized carbons (Fsp3) is 0.167. The van der Waals surface area contributed by atoms with E-state index in [1.807, 2.05) is 6.92 Å². The second-order valence-corrected chi connectivity index (χ2v) is 4.05. The fourth-order valence-electron chi connectivity index (χ4n) is 1.68. The number of rotatable bonds is 5. The molecule has 0 amide bonds. The predicted octanol–water partition coefficient (Wildman–Crippen LogP) is 2.32. The predicted molar refractivity (Wildman–Crippen MR) is 71.3 cm³/mol. The highest BCUT2D eigenvalue weighted by atomic mass is 16.6. The van der Waals surface area contributed by atoms with Crippen LogP contribution in [-0.4, -0.2) is 26.2 Å². The topological polar surface area (TPSA) is 121 Å². The first-order valence-electron chi connectivity index (χ1n) is 5.84. The van der Waals surface area contributed by atoms with E-state index in [9.17, 15) is 14.9 Å². The first-order chi connectivity index (χ1) is 9.51. The van der Waals surface area contributed by atoms with Crippen LogP contribution in [0.4, 0.5) is 17.2 Å². The smallest absolute Gasteiger partial charge is 0.338 e. The summed E-state index contributed by atoms with van der Waals surface area (Å²) in [6.45, 7) is 1.95. The summed E-state index contributed by atoms with van der Waals surface area (Å²) in [7, 11) is 0. The van der Waals surface area contributed by atoms with Crippen molar-refractivity contribution in [1.29, 1.82) is 0 Å². The van der Waals surface area contributed by atoms with Gasteiger partial charge in [-0.15, -0.1) is 0 Å². The van der Waals surface area contributed by atoms with E-state index >= 15 is 0 Å². The lowest BCUT2D eigenvalue weighted by atomic mass is 10.1. The number of aromatic amines is 1. The van der Waals surface area contributed by atoms with E-state index in [0.29, 0.717) is 5.82 Å². The Morgan fingerprint density at radius 2 is 2.25 bits per heavy atom. The summed E-state index contributed by atoms with van der Waals surface area (Å²) in [5.41, 5.74) is 0.688. The van der Waals surface area contributed by atoms with Gasteiger partial charge in [-0.05, 0) is 12.5 Å². The largest absolute Gasteiger partial charge is 0.478 e. The van der Waals surface area contributed by atoms with Crippen LogP contribution in [0.15, 0.2) is 24.3 Å².